The fourth-order valence-electron chi connectivity index (χ4n) is 1.37. The van der Waals surface area contributed by atoms with Gasteiger partial charge in [0.15, 0.2) is 0 Å². The average Bonchev–Trinajstić information content (AvgIpc) is 2.59. The quantitative estimate of drug-likeness (QED) is 0.197. The van der Waals surface area contributed by atoms with Crippen molar-refractivity contribution < 1.29 is 38.7 Å². The van der Waals surface area contributed by atoms with Crippen molar-refractivity contribution in [2.75, 3.05) is 39.6 Å². The Kier molecular flexibility index (Phi) is 13.1. The molecule has 148 valence electrons. The van der Waals surface area contributed by atoms with Crippen molar-refractivity contribution >= 4 is 11.9 Å². The van der Waals surface area contributed by atoms with Gasteiger partial charge in [-0.15, -0.1) is 0 Å². The van der Waals surface area contributed by atoms with Crippen LogP contribution < -0.4 is 0 Å². The lowest BCUT2D eigenvalue weighted by Crippen LogP contribution is -2.24. The summed E-state index contributed by atoms with van der Waals surface area (Å²) in [5, 5.41) is 19.1. The molecule has 0 aromatic rings. The minimum atomic E-state index is -0.917. The highest BCUT2D eigenvalue weighted by Crippen LogP contribution is 1.96. The molecule has 0 heterocycles. The van der Waals surface area contributed by atoms with E-state index in [0.717, 1.165) is 0 Å². The highest BCUT2D eigenvalue weighted by molar-refractivity contribution is 5.87. The minimum Gasteiger partial charge on any atom is -0.460 e. The summed E-state index contributed by atoms with van der Waals surface area (Å²) in [5.41, 5.74) is 0.528. The zero-order chi connectivity index (χ0) is 19.9. The average molecular weight is 372 g/mol. The number of carbonyl (C=O) groups excluding carboxylic acids is 2. The van der Waals surface area contributed by atoms with Crippen molar-refractivity contribution in [2.45, 2.75) is 26.1 Å². The maximum atomic E-state index is 11.1. The molecule has 0 saturated carbocycles. The lowest BCUT2D eigenvalue weighted by atomic mass is 10.3. The molecule has 0 rings (SSSR count). The van der Waals surface area contributed by atoms with Gasteiger partial charge in [0.2, 0.25) is 0 Å². The van der Waals surface area contributed by atoms with E-state index in [1.54, 1.807) is 12.2 Å². The summed E-state index contributed by atoms with van der Waals surface area (Å²) in [5.74, 6) is -1.12. The van der Waals surface area contributed by atoms with Gasteiger partial charge in [-0.1, -0.05) is 25.3 Å². The summed E-state index contributed by atoms with van der Waals surface area (Å²) >= 11 is 0. The van der Waals surface area contributed by atoms with Crippen LogP contribution >= 0.6 is 0 Å². The van der Waals surface area contributed by atoms with Crippen LogP contribution in [0.2, 0.25) is 0 Å². The molecular formula is C18H28O8. The number of aliphatic hydroxyl groups excluding tert-OH is 2. The van der Waals surface area contributed by atoms with Gasteiger partial charge >= 0.3 is 11.9 Å². The number of esters is 2. The van der Waals surface area contributed by atoms with Crippen LogP contribution in [0, 0.1) is 0 Å². The largest absolute Gasteiger partial charge is 0.460 e. The molecule has 0 aliphatic carbocycles. The summed E-state index contributed by atoms with van der Waals surface area (Å²) in [6.07, 6.45) is 1.53. The van der Waals surface area contributed by atoms with Gasteiger partial charge in [-0.2, -0.15) is 0 Å². The van der Waals surface area contributed by atoms with Crippen LogP contribution in [0.15, 0.2) is 36.5 Å². The van der Waals surface area contributed by atoms with Gasteiger partial charge in [0.1, 0.15) is 25.4 Å². The summed E-state index contributed by atoms with van der Waals surface area (Å²) in [6.45, 7) is 10.1. The second-order valence-electron chi connectivity index (χ2n) is 5.61. The molecule has 8 nitrogen and oxygen atoms in total. The van der Waals surface area contributed by atoms with E-state index in [-0.39, 0.29) is 50.8 Å². The second-order valence-corrected chi connectivity index (χ2v) is 5.61. The number of aliphatic hydroxyl groups is 2. The Bertz CT molecular complexity index is 453. The van der Waals surface area contributed by atoms with E-state index in [4.69, 9.17) is 18.9 Å². The van der Waals surface area contributed by atoms with Gasteiger partial charge < -0.3 is 29.2 Å². The van der Waals surface area contributed by atoms with Crippen LogP contribution in [0.4, 0.5) is 0 Å². The highest BCUT2D eigenvalue weighted by Gasteiger charge is 2.10. The standard InChI is InChI=1S/C18H28O8/c1-13(2)17(21)25-11-15(19)9-23-7-5-6-8-24-10-16(20)12-26-18(22)14(3)4/h5-6,15-16,19-20H,1,3,7-12H2,2,4H3. The minimum absolute atomic E-state index is 0.0153. The van der Waals surface area contributed by atoms with Gasteiger partial charge in [-0.3, -0.25) is 0 Å². The molecule has 2 N–H and O–H groups in total. The summed E-state index contributed by atoms with van der Waals surface area (Å²) < 4.78 is 19.9. The topological polar surface area (TPSA) is 112 Å². The first-order valence-corrected chi connectivity index (χ1v) is 8.05. The summed E-state index contributed by atoms with van der Waals surface area (Å²) in [4.78, 5) is 22.3. The Labute approximate surface area is 153 Å². The zero-order valence-corrected chi connectivity index (χ0v) is 15.3. The lowest BCUT2D eigenvalue weighted by molar-refractivity contribution is -0.143. The van der Waals surface area contributed by atoms with E-state index in [0.29, 0.717) is 0 Å². The zero-order valence-electron chi connectivity index (χ0n) is 15.3. The molecular weight excluding hydrogens is 344 g/mol. The third-order valence-electron chi connectivity index (χ3n) is 2.73. The lowest BCUT2D eigenvalue weighted by Gasteiger charge is -2.11. The molecule has 0 radical (unpaired) electrons. The molecule has 0 spiro atoms. The fourth-order valence-corrected chi connectivity index (χ4v) is 1.37. The SMILES string of the molecule is C=C(C)C(=O)OCC(O)COCC=CCOCC(O)COC(=O)C(=C)C. The molecule has 0 fully saturated rings. The van der Waals surface area contributed by atoms with Gasteiger partial charge in [-0.25, -0.2) is 9.59 Å². The molecule has 26 heavy (non-hydrogen) atoms. The Morgan fingerprint density at radius 1 is 0.808 bits per heavy atom. The third kappa shape index (κ3) is 13.3. The van der Waals surface area contributed by atoms with Crippen molar-refractivity contribution in [1.29, 1.82) is 0 Å². The van der Waals surface area contributed by atoms with Crippen LogP contribution in [0.3, 0.4) is 0 Å². The number of rotatable bonds is 14. The van der Waals surface area contributed by atoms with E-state index in [1.165, 1.54) is 13.8 Å². The van der Waals surface area contributed by atoms with E-state index in [2.05, 4.69) is 13.2 Å². The van der Waals surface area contributed by atoms with Crippen LogP contribution in [0.5, 0.6) is 0 Å². The van der Waals surface area contributed by atoms with Gasteiger partial charge in [0, 0.05) is 11.1 Å². The van der Waals surface area contributed by atoms with Crippen LogP contribution in [-0.4, -0.2) is 74.0 Å². The van der Waals surface area contributed by atoms with Crippen LogP contribution in [0.1, 0.15) is 13.8 Å². The van der Waals surface area contributed by atoms with E-state index >= 15 is 0 Å². The van der Waals surface area contributed by atoms with Crippen LogP contribution in [0.25, 0.3) is 0 Å². The smallest absolute Gasteiger partial charge is 0.333 e. The predicted octanol–water partition coefficient (Wildman–Crippen LogP) is 0.536. The van der Waals surface area contributed by atoms with Crippen LogP contribution in [-0.2, 0) is 28.5 Å². The van der Waals surface area contributed by atoms with Gasteiger partial charge in [-0.05, 0) is 13.8 Å². The number of ether oxygens (including phenoxy) is 4. The molecule has 0 amide bonds. The molecule has 0 saturated heterocycles. The van der Waals surface area contributed by atoms with E-state index in [9.17, 15) is 19.8 Å². The molecule has 0 bridgehead atoms. The number of hydrogen-bond donors (Lipinski definition) is 2. The first-order valence-electron chi connectivity index (χ1n) is 8.05. The highest BCUT2D eigenvalue weighted by atomic mass is 16.6. The van der Waals surface area contributed by atoms with Gasteiger partial charge in [0.05, 0.1) is 26.4 Å². The summed E-state index contributed by atoms with van der Waals surface area (Å²) in [6, 6.07) is 0. The first-order chi connectivity index (χ1) is 12.2. The maximum absolute atomic E-state index is 11.1. The summed E-state index contributed by atoms with van der Waals surface area (Å²) in [7, 11) is 0. The maximum Gasteiger partial charge on any atom is 0.333 e. The molecule has 8 heteroatoms. The Hall–Kier alpha value is -2.00. The molecule has 2 unspecified atom stereocenters. The number of hydrogen-bond acceptors (Lipinski definition) is 8. The first kappa shape index (κ1) is 24.0. The van der Waals surface area contributed by atoms with Crippen molar-refractivity contribution in [1.82, 2.24) is 0 Å². The van der Waals surface area contributed by atoms with Crippen molar-refractivity contribution in [3.8, 4) is 0 Å². The van der Waals surface area contributed by atoms with E-state index in [1.807, 2.05) is 0 Å². The molecule has 2 atom stereocenters. The molecule has 0 aromatic heterocycles. The van der Waals surface area contributed by atoms with E-state index < -0.39 is 24.1 Å². The molecule has 0 aromatic carbocycles. The van der Waals surface area contributed by atoms with Crippen molar-refractivity contribution in [2.24, 2.45) is 0 Å². The fraction of sp³-hybridized carbons (Fsp3) is 0.556. The molecule has 0 aliphatic rings. The van der Waals surface area contributed by atoms with Crippen molar-refractivity contribution in [3.05, 3.63) is 36.5 Å². The second kappa shape index (κ2) is 14.2. The Morgan fingerprint density at radius 2 is 1.15 bits per heavy atom. The Morgan fingerprint density at radius 3 is 1.46 bits per heavy atom. The third-order valence-corrected chi connectivity index (χ3v) is 2.73. The molecule has 0 aliphatic heterocycles. The monoisotopic (exact) mass is 372 g/mol. The normalized spacial score (nSPS) is 13.2. The number of carbonyl (C=O) groups is 2. The van der Waals surface area contributed by atoms with Crippen molar-refractivity contribution in [3.63, 3.8) is 0 Å². The van der Waals surface area contributed by atoms with Gasteiger partial charge in [0.25, 0.3) is 0 Å². The predicted molar refractivity (Wildman–Crippen MR) is 94.3 cm³/mol. The Balaban J connectivity index is 3.61.